The van der Waals surface area contributed by atoms with Crippen molar-refractivity contribution < 1.29 is 29.4 Å². The van der Waals surface area contributed by atoms with Gasteiger partial charge in [-0.1, -0.05) is 43.7 Å². The van der Waals surface area contributed by atoms with Crippen molar-refractivity contribution in [3.8, 4) is 0 Å². The number of hydrogen-bond donors (Lipinski definition) is 3. The zero-order valence-corrected chi connectivity index (χ0v) is 12.7. The molecule has 0 amide bonds. The number of rotatable bonds is 10. The number of aliphatic carboxylic acids is 2. The molecule has 0 spiro atoms. The second kappa shape index (κ2) is 8.85. The van der Waals surface area contributed by atoms with Crippen molar-refractivity contribution in [1.29, 1.82) is 0 Å². The molecule has 1 rings (SSSR count). The number of carboxylic acids is 2. The fraction of sp³-hybridized carbons (Fsp3) is 0.375. The van der Waals surface area contributed by atoms with Crippen LogP contribution in [0.2, 0.25) is 0 Å². The fourth-order valence-corrected chi connectivity index (χ4v) is 2.16. The van der Waals surface area contributed by atoms with Crippen LogP contribution in [-0.4, -0.2) is 33.6 Å². The number of nitrogens with one attached hydrogen (secondary N) is 1. The molecule has 0 fully saturated rings. The Morgan fingerprint density at radius 1 is 1.26 bits per heavy atom. The van der Waals surface area contributed by atoms with Crippen molar-refractivity contribution >= 4 is 17.9 Å². The lowest BCUT2D eigenvalue weighted by Gasteiger charge is -2.29. The van der Waals surface area contributed by atoms with Gasteiger partial charge in [0, 0.05) is 0 Å². The van der Waals surface area contributed by atoms with Crippen LogP contribution in [0.1, 0.15) is 31.7 Å². The van der Waals surface area contributed by atoms with Gasteiger partial charge in [-0.05, 0) is 12.0 Å². The van der Waals surface area contributed by atoms with Crippen LogP contribution in [0, 0.1) is 0 Å². The van der Waals surface area contributed by atoms with E-state index in [4.69, 9.17) is 9.94 Å². The van der Waals surface area contributed by atoms with Gasteiger partial charge in [-0.2, -0.15) is 5.48 Å². The Morgan fingerprint density at radius 2 is 1.91 bits per heavy atom. The van der Waals surface area contributed by atoms with Crippen LogP contribution >= 0.6 is 0 Å². The van der Waals surface area contributed by atoms with Gasteiger partial charge in [0.05, 0.1) is 18.6 Å². The monoisotopic (exact) mass is 321 g/mol. The van der Waals surface area contributed by atoms with E-state index in [0.29, 0.717) is 6.42 Å². The van der Waals surface area contributed by atoms with Gasteiger partial charge >= 0.3 is 11.9 Å². The lowest BCUT2D eigenvalue weighted by Crippen LogP contribution is -2.54. The molecule has 0 aliphatic heterocycles. The largest absolute Gasteiger partial charge is 0.481 e. The van der Waals surface area contributed by atoms with Crippen molar-refractivity contribution in [2.24, 2.45) is 0 Å². The summed E-state index contributed by atoms with van der Waals surface area (Å²) in [6, 6.07) is 9.01. The zero-order chi connectivity index (χ0) is 17.3. The van der Waals surface area contributed by atoms with E-state index in [2.05, 4.69) is 5.48 Å². The van der Waals surface area contributed by atoms with Crippen LogP contribution in [0.15, 0.2) is 35.9 Å². The highest BCUT2D eigenvalue weighted by molar-refractivity contribution is 5.89. The quantitative estimate of drug-likeness (QED) is 0.443. The van der Waals surface area contributed by atoms with Crippen LogP contribution in [0.5, 0.6) is 0 Å². The molecule has 0 saturated heterocycles. The summed E-state index contributed by atoms with van der Waals surface area (Å²) in [5, 5.41) is 18.4. The third-order valence-electron chi connectivity index (χ3n) is 3.28. The van der Waals surface area contributed by atoms with Gasteiger partial charge in [-0.3, -0.25) is 9.63 Å². The summed E-state index contributed by atoms with van der Waals surface area (Å²) in [4.78, 5) is 38.9. The Bertz CT molecular complexity index is 594. The smallest absolute Gasteiger partial charge is 0.331 e. The number of hydrogen-bond acceptors (Lipinski definition) is 5. The Morgan fingerprint density at radius 3 is 2.39 bits per heavy atom. The van der Waals surface area contributed by atoms with Gasteiger partial charge < -0.3 is 10.2 Å². The first kappa shape index (κ1) is 18.6. The summed E-state index contributed by atoms with van der Waals surface area (Å²) in [5.74, 6) is -1.24. The average Bonchev–Trinajstić information content (AvgIpc) is 2.52. The molecule has 0 aliphatic carbocycles. The van der Waals surface area contributed by atoms with E-state index >= 15 is 0 Å². The third-order valence-corrected chi connectivity index (χ3v) is 3.28. The summed E-state index contributed by atoms with van der Waals surface area (Å²) in [6.07, 6.45) is -0.328. The first-order valence-corrected chi connectivity index (χ1v) is 7.08. The van der Waals surface area contributed by atoms with Gasteiger partial charge in [0.25, 0.3) is 0 Å². The van der Waals surface area contributed by atoms with Crippen molar-refractivity contribution in [2.75, 3.05) is 0 Å². The minimum absolute atomic E-state index is 0.00498. The molecule has 7 nitrogen and oxygen atoms in total. The third kappa shape index (κ3) is 5.03. The van der Waals surface area contributed by atoms with E-state index in [-0.39, 0.29) is 13.0 Å². The van der Waals surface area contributed by atoms with Gasteiger partial charge in [-0.25, -0.2) is 9.59 Å². The van der Waals surface area contributed by atoms with E-state index < -0.39 is 29.5 Å². The van der Waals surface area contributed by atoms with Crippen molar-refractivity contribution in [3.63, 3.8) is 0 Å². The topological polar surface area (TPSA) is 113 Å². The number of carbonyl (C=O) groups excluding carboxylic acids is 1. The van der Waals surface area contributed by atoms with Gasteiger partial charge in [0.2, 0.25) is 0 Å². The molecule has 1 aromatic rings. The molecule has 7 heteroatoms. The SMILES string of the molecule is CCC[C@@](NOCc1ccccc1)(C(=O)O)C(=C=O)CC(=O)O. The lowest BCUT2D eigenvalue weighted by molar-refractivity contribution is -0.152. The number of benzene rings is 1. The summed E-state index contributed by atoms with van der Waals surface area (Å²) >= 11 is 0. The maximum absolute atomic E-state index is 11.7. The molecule has 0 unspecified atom stereocenters. The van der Waals surface area contributed by atoms with Crippen molar-refractivity contribution in [1.82, 2.24) is 5.48 Å². The molecule has 0 saturated carbocycles. The molecule has 0 radical (unpaired) electrons. The highest BCUT2D eigenvalue weighted by atomic mass is 16.6. The first-order valence-electron chi connectivity index (χ1n) is 7.08. The van der Waals surface area contributed by atoms with E-state index in [1.165, 1.54) is 5.94 Å². The van der Waals surface area contributed by atoms with Crippen LogP contribution in [0.4, 0.5) is 0 Å². The Labute approximate surface area is 133 Å². The molecule has 124 valence electrons. The van der Waals surface area contributed by atoms with Gasteiger partial charge in [0.15, 0.2) is 5.54 Å². The second-order valence-electron chi connectivity index (χ2n) is 4.99. The minimum atomic E-state index is -1.91. The molecule has 1 aromatic carbocycles. The lowest BCUT2D eigenvalue weighted by atomic mass is 9.85. The number of hydroxylamine groups is 1. The summed E-state index contributed by atoms with van der Waals surface area (Å²) < 4.78 is 0. The van der Waals surface area contributed by atoms with E-state index in [0.717, 1.165) is 5.56 Å². The molecule has 0 aliphatic rings. The molecular formula is C16H19NO6. The molecule has 3 N–H and O–H groups in total. The fourth-order valence-electron chi connectivity index (χ4n) is 2.16. The molecule has 23 heavy (non-hydrogen) atoms. The predicted molar refractivity (Wildman–Crippen MR) is 81.1 cm³/mol. The average molecular weight is 321 g/mol. The summed E-state index contributed by atoms with van der Waals surface area (Å²) in [5.41, 5.74) is 0.850. The Kier molecular flexibility index (Phi) is 7.15. The molecule has 0 heterocycles. The summed E-state index contributed by atoms with van der Waals surface area (Å²) in [7, 11) is 0. The maximum atomic E-state index is 11.7. The predicted octanol–water partition coefficient (Wildman–Crippen LogP) is 1.56. The van der Waals surface area contributed by atoms with Crippen LogP contribution in [0.3, 0.4) is 0 Å². The molecule has 1 atom stereocenters. The molecule has 0 bridgehead atoms. The second-order valence-corrected chi connectivity index (χ2v) is 4.99. The Hall–Kier alpha value is -2.47. The maximum Gasteiger partial charge on any atom is 0.331 e. The molecular weight excluding hydrogens is 302 g/mol. The van der Waals surface area contributed by atoms with Crippen molar-refractivity contribution in [2.45, 2.75) is 38.3 Å². The number of carbonyl (C=O) groups is 2. The minimum Gasteiger partial charge on any atom is -0.481 e. The van der Waals surface area contributed by atoms with Gasteiger partial charge in [0.1, 0.15) is 5.94 Å². The van der Waals surface area contributed by atoms with Crippen molar-refractivity contribution in [3.05, 3.63) is 41.5 Å². The van der Waals surface area contributed by atoms with E-state index in [1.807, 2.05) is 6.07 Å². The summed E-state index contributed by atoms with van der Waals surface area (Å²) in [6.45, 7) is 1.79. The highest BCUT2D eigenvalue weighted by Crippen LogP contribution is 2.25. The highest BCUT2D eigenvalue weighted by Gasteiger charge is 2.44. The van der Waals surface area contributed by atoms with Crippen LogP contribution in [-0.2, 0) is 25.8 Å². The van der Waals surface area contributed by atoms with E-state index in [9.17, 15) is 19.5 Å². The van der Waals surface area contributed by atoms with Gasteiger partial charge in [-0.15, -0.1) is 0 Å². The van der Waals surface area contributed by atoms with Crippen LogP contribution in [0.25, 0.3) is 0 Å². The molecule has 0 aromatic heterocycles. The normalized spacial score (nSPS) is 12.9. The number of carboxylic acid groups (broad SMARTS) is 2. The van der Waals surface area contributed by atoms with Crippen LogP contribution < -0.4 is 5.48 Å². The zero-order valence-electron chi connectivity index (χ0n) is 12.7. The van der Waals surface area contributed by atoms with E-state index in [1.54, 1.807) is 31.2 Å². The standard InChI is InChI=1S/C16H19NO6/c1-2-8-16(15(21)22,13(10-18)9-14(19)20)17-23-11-12-6-4-3-5-7-12/h3-7,17H,2,8-9,11H2,1H3,(H,19,20)(H,21,22)/t16-/m0/s1. The first-order chi connectivity index (χ1) is 11.0. The Balaban J connectivity index is 2.96.